The molecule has 0 fully saturated rings. The summed E-state index contributed by atoms with van der Waals surface area (Å²) in [7, 11) is 0. The number of rotatable bonds is 7. The lowest BCUT2D eigenvalue weighted by atomic mass is 10.0. The predicted molar refractivity (Wildman–Crippen MR) is 85.2 cm³/mol. The molecule has 2 nitrogen and oxygen atoms in total. The molecule has 0 saturated heterocycles. The summed E-state index contributed by atoms with van der Waals surface area (Å²) in [6.45, 7) is 2.53. The van der Waals surface area contributed by atoms with Gasteiger partial charge < -0.3 is 4.74 Å². The first-order chi connectivity index (χ1) is 10.3. The summed E-state index contributed by atoms with van der Waals surface area (Å²) in [4.78, 5) is 11.7. The minimum Gasteiger partial charge on any atom is -0.465 e. The zero-order chi connectivity index (χ0) is 14.9. The van der Waals surface area contributed by atoms with Crippen molar-refractivity contribution in [1.29, 1.82) is 0 Å². The van der Waals surface area contributed by atoms with Crippen molar-refractivity contribution in [3.8, 4) is 0 Å². The highest BCUT2D eigenvalue weighted by Crippen LogP contribution is 2.15. The molecule has 110 valence electrons. The van der Waals surface area contributed by atoms with Crippen LogP contribution in [0.4, 0.5) is 0 Å². The second-order valence-electron chi connectivity index (χ2n) is 5.33. The standard InChI is InChI=1S/C19H22O2/c1-16(18-12-6-3-7-13-18)15-21-19(20)14-8-11-17-9-4-2-5-10-17/h2-7,9-10,12-13,16H,8,11,14-15H2,1H3. The summed E-state index contributed by atoms with van der Waals surface area (Å²) in [5.74, 6) is 0.137. The van der Waals surface area contributed by atoms with E-state index in [4.69, 9.17) is 4.74 Å². The monoisotopic (exact) mass is 282 g/mol. The molecule has 0 radical (unpaired) electrons. The normalized spacial score (nSPS) is 11.9. The SMILES string of the molecule is CC(COC(=O)CCCc1ccccc1)c1ccccc1. The summed E-state index contributed by atoms with van der Waals surface area (Å²) >= 11 is 0. The second-order valence-corrected chi connectivity index (χ2v) is 5.33. The Morgan fingerprint density at radius 2 is 1.62 bits per heavy atom. The number of carbonyl (C=O) groups excluding carboxylic acids is 1. The molecule has 0 amide bonds. The van der Waals surface area contributed by atoms with Crippen LogP contribution in [0.15, 0.2) is 60.7 Å². The van der Waals surface area contributed by atoms with Gasteiger partial charge >= 0.3 is 5.97 Å². The van der Waals surface area contributed by atoms with Gasteiger partial charge in [0.25, 0.3) is 0 Å². The Hall–Kier alpha value is -2.09. The molecule has 1 atom stereocenters. The van der Waals surface area contributed by atoms with E-state index in [1.807, 2.05) is 36.4 Å². The largest absolute Gasteiger partial charge is 0.465 e. The molecule has 0 spiro atoms. The molecule has 2 rings (SSSR count). The molecule has 0 aliphatic carbocycles. The average molecular weight is 282 g/mol. The second kappa shape index (κ2) is 8.25. The van der Waals surface area contributed by atoms with Crippen molar-refractivity contribution in [3.63, 3.8) is 0 Å². The van der Waals surface area contributed by atoms with Gasteiger partial charge in [-0.25, -0.2) is 0 Å². The zero-order valence-electron chi connectivity index (χ0n) is 12.5. The molecule has 0 aromatic heterocycles. The number of hydrogen-bond acceptors (Lipinski definition) is 2. The quantitative estimate of drug-likeness (QED) is 0.705. The molecular weight excluding hydrogens is 260 g/mol. The highest BCUT2D eigenvalue weighted by atomic mass is 16.5. The average Bonchev–Trinajstić information content (AvgIpc) is 2.54. The molecular formula is C19H22O2. The molecule has 2 heteroatoms. The van der Waals surface area contributed by atoms with Gasteiger partial charge in [-0.05, 0) is 24.0 Å². The molecule has 0 heterocycles. The lowest BCUT2D eigenvalue weighted by Crippen LogP contribution is -2.11. The Labute approximate surface area is 126 Å². The van der Waals surface area contributed by atoms with E-state index in [1.165, 1.54) is 11.1 Å². The number of benzene rings is 2. The van der Waals surface area contributed by atoms with Crippen LogP contribution >= 0.6 is 0 Å². The molecule has 21 heavy (non-hydrogen) atoms. The summed E-state index contributed by atoms with van der Waals surface area (Å²) in [5.41, 5.74) is 2.47. The maximum atomic E-state index is 11.7. The van der Waals surface area contributed by atoms with Crippen molar-refractivity contribution in [3.05, 3.63) is 71.8 Å². The van der Waals surface area contributed by atoms with E-state index in [2.05, 4.69) is 31.2 Å². The molecule has 0 aliphatic heterocycles. The van der Waals surface area contributed by atoms with Crippen LogP contribution in [-0.4, -0.2) is 12.6 Å². The maximum absolute atomic E-state index is 11.7. The Balaban J connectivity index is 1.66. The van der Waals surface area contributed by atoms with E-state index in [0.29, 0.717) is 13.0 Å². The van der Waals surface area contributed by atoms with E-state index in [1.54, 1.807) is 0 Å². The summed E-state index contributed by atoms with van der Waals surface area (Å²) < 4.78 is 5.36. The third kappa shape index (κ3) is 5.42. The van der Waals surface area contributed by atoms with Gasteiger partial charge in [-0.3, -0.25) is 4.79 Å². The zero-order valence-corrected chi connectivity index (χ0v) is 12.5. The Morgan fingerprint density at radius 3 is 2.29 bits per heavy atom. The number of aryl methyl sites for hydroxylation is 1. The lowest BCUT2D eigenvalue weighted by Gasteiger charge is -2.12. The van der Waals surface area contributed by atoms with Gasteiger partial charge in [0.2, 0.25) is 0 Å². The number of esters is 1. The molecule has 0 bridgehead atoms. The number of hydrogen-bond donors (Lipinski definition) is 0. The van der Waals surface area contributed by atoms with Crippen LogP contribution in [-0.2, 0) is 16.0 Å². The van der Waals surface area contributed by atoms with Gasteiger partial charge in [-0.2, -0.15) is 0 Å². The van der Waals surface area contributed by atoms with Crippen LogP contribution in [0.2, 0.25) is 0 Å². The van der Waals surface area contributed by atoms with Crippen LogP contribution in [0.5, 0.6) is 0 Å². The first-order valence-electron chi connectivity index (χ1n) is 7.50. The Bertz CT molecular complexity index is 534. The maximum Gasteiger partial charge on any atom is 0.305 e. The van der Waals surface area contributed by atoms with E-state index in [9.17, 15) is 4.79 Å². The van der Waals surface area contributed by atoms with Gasteiger partial charge in [-0.1, -0.05) is 67.6 Å². The Kier molecular flexibility index (Phi) is 6.01. The Morgan fingerprint density at radius 1 is 1.00 bits per heavy atom. The fourth-order valence-corrected chi connectivity index (χ4v) is 2.25. The summed E-state index contributed by atoms with van der Waals surface area (Å²) in [6, 6.07) is 20.4. The number of ether oxygens (including phenoxy) is 1. The van der Waals surface area contributed by atoms with Crippen molar-refractivity contribution < 1.29 is 9.53 Å². The van der Waals surface area contributed by atoms with E-state index >= 15 is 0 Å². The van der Waals surface area contributed by atoms with Crippen molar-refractivity contribution in [2.75, 3.05) is 6.61 Å². The fraction of sp³-hybridized carbons (Fsp3) is 0.316. The van der Waals surface area contributed by atoms with Crippen LogP contribution in [0.25, 0.3) is 0 Å². The van der Waals surface area contributed by atoms with Crippen molar-refractivity contribution in [2.24, 2.45) is 0 Å². The van der Waals surface area contributed by atoms with Crippen LogP contribution in [0.1, 0.15) is 36.8 Å². The molecule has 2 aromatic carbocycles. The van der Waals surface area contributed by atoms with Gasteiger partial charge in [-0.15, -0.1) is 0 Å². The molecule has 0 saturated carbocycles. The van der Waals surface area contributed by atoms with Crippen LogP contribution < -0.4 is 0 Å². The first-order valence-corrected chi connectivity index (χ1v) is 7.50. The van der Waals surface area contributed by atoms with Gasteiger partial charge in [0.05, 0.1) is 6.61 Å². The molecule has 0 N–H and O–H groups in total. The highest BCUT2D eigenvalue weighted by Gasteiger charge is 2.09. The van der Waals surface area contributed by atoms with E-state index in [-0.39, 0.29) is 11.9 Å². The molecule has 0 aliphatic rings. The summed E-state index contributed by atoms with van der Waals surface area (Å²) in [6.07, 6.45) is 2.24. The lowest BCUT2D eigenvalue weighted by molar-refractivity contribution is -0.144. The van der Waals surface area contributed by atoms with Gasteiger partial charge in [0, 0.05) is 12.3 Å². The van der Waals surface area contributed by atoms with Crippen LogP contribution in [0.3, 0.4) is 0 Å². The van der Waals surface area contributed by atoms with E-state index < -0.39 is 0 Å². The minimum absolute atomic E-state index is 0.103. The van der Waals surface area contributed by atoms with Gasteiger partial charge in [0.1, 0.15) is 0 Å². The van der Waals surface area contributed by atoms with Crippen molar-refractivity contribution >= 4 is 5.97 Å². The molecule has 2 aromatic rings. The van der Waals surface area contributed by atoms with Crippen LogP contribution in [0, 0.1) is 0 Å². The molecule has 1 unspecified atom stereocenters. The van der Waals surface area contributed by atoms with Crippen molar-refractivity contribution in [1.82, 2.24) is 0 Å². The highest BCUT2D eigenvalue weighted by molar-refractivity contribution is 5.69. The fourth-order valence-electron chi connectivity index (χ4n) is 2.25. The number of carbonyl (C=O) groups is 1. The predicted octanol–water partition coefficient (Wildman–Crippen LogP) is 4.36. The van der Waals surface area contributed by atoms with Crippen molar-refractivity contribution in [2.45, 2.75) is 32.1 Å². The first kappa shape index (κ1) is 15.3. The minimum atomic E-state index is -0.103. The summed E-state index contributed by atoms with van der Waals surface area (Å²) in [5, 5.41) is 0. The topological polar surface area (TPSA) is 26.3 Å². The smallest absolute Gasteiger partial charge is 0.305 e. The van der Waals surface area contributed by atoms with E-state index in [0.717, 1.165) is 12.8 Å². The third-order valence-corrected chi connectivity index (χ3v) is 3.55. The van der Waals surface area contributed by atoms with Gasteiger partial charge in [0.15, 0.2) is 0 Å². The third-order valence-electron chi connectivity index (χ3n) is 3.55.